The number of esters is 3. The standard InChI is InChI=1S/C53H94O6/c1-4-7-10-13-16-19-22-25-26-27-28-29-32-34-37-40-43-46-52(55)58-49-50(59-53(56)47-44-41-38-35-31-24-21-18-15-12-9-6-3)48-57-51(54)45-42-39-36-33-30-23-20-17-14-11-8-5-2/h9,12,17-18,20-21,31,35,50H,4-8,10-11,13-16,19,22-30,32-34,36-49H2,1-3H3/b12-9-,20-17-,21-18-,35-31-. The van der Waals surface area contributed by atoms with Crippen molar-refractivity contribution in [1.82, 2.24) is 0 Å². The molecule has 0 aliphatic heterocycles. The first-order valence-corrected chi connectivity index (χ1v) is 25.1. The highest BCUT2D eigenvalue weighted by atomic mass is 16.6. The number of ether oxygens (including phenoxy) is 3. The summed E-state index contributed by atoms with van der Waals surface area (Å²) in [6.07, 6.45) is 56.7. The lowest BCUT2D eigenvalue weighted by Gasteiger charge is -2.18. The Morgan fingerprint density at radius 2 is 0.661 bits per heavy atom. The van der Waals surface area contributed by atoms with Gasteiger partial charge in [0.05, 0.1) is 0 Å². The first-order chi connectivity index (χ1) is 29.0. The molecule has 0 aliphatic carbocycles. The monoisotopic (exact) mass is 827 g/mol. The molecule has 0 aromatic heterocycles. The summed E-state index contributed by atoms with van der Waals surface area (Å²) in [5.41, 5.74) is 0. The molecule has 0 radical (unpaired) electrons. The van der Waals surface area contributed by atoms with E-state index in [0.29, 0.717) is 19.3 Å². The molecule has 6 nitrogen and oxygen atoms in total. The lowest BCUT2D eigenvalue weighted by atomic mass is 10.0. The van der Waals surface area contributed by atoms with E-state index in [2.05, 4.69) is 69.4 Å². The van der Waals surface area contributed by atoms with Crippen LogP contribution in [0.4, 0.5) is 0 Å². The maximum absolute atomic E-state index is 12.7. The topological polar surface area (TPSA) is 78.9 Å². The van der Waals surface area contributed by atoms with Gasteiger partial charge in [-0.2, -0.15) is 0 Å². The Labute approximate surface area is 365 Å². The highest BCUT2D eigenvalue weighted by Crippen LogP contribution is 2.15. The number of hydrogen-bond acceptors (Lipinski definition) is 6. The Balaban J connectivity index is 4.36. The highest BCUT2D eigenvalue weighted by molar-refractivity contribution is 5.71. The van der Waals surface area contributed by atoms with E-state index in [0.717, 1.165) is 77.0 Å². The summed E-state index contributed by atoms with van der Waals surface area (Å²) in [5, 5.41) is 0. The van der Waals surface area contributed by atoms with Crippen molar-refractivity contribution in [3.05, 3.63) is 48.6 Å². The Hall–Kier alpha value is -2.63. The van der Waals surface area contributed by atoms with Crippen LogP contribution in [0.5, 0.6) is 0 Å². The van der Waals surface area contributed by atoms with Crippen molar-refractivity contribution in [1.29, 1.82) is 0 Å². The molecular weight excluding hydrogens is 733 g/mol. The zero-order valence-electron chi connectivity index (χ0n) is 39.0. The lowest BCUT2D eigenvalue weighted by molar-refractivity contribution is -0.167. The fourth-order valence-corrected chi connectivity index (χ4v) is 7.04. The van der Waals surface area contributed by atoms with E-state index < -0.39 is 6.10 Å². The molecule has 0 aromatic carbocycles. The molecule has 342 valence electrons. The van der Waals surface area contributed by atoms with Gasteiger partial charge in [0, 0.05) is 19.3 Å². The van der Waals surface area contributed by atoms with Crippen molar-refractivity contribution in [2.45, 2.75) is 258 Å². The zero-order chi connectivity index (χ0) is 43.0. The summed E-state index contributed by atoms with van der Waals surface area (Å²) in [6.45, 7) is 6.47. The Kier molecular flexibility index (Phi) is 45.9. The van der Waals surface area contributed by atoms with E-state index in [-0.39, 0.29) is 37.5 Å². The van der Waals surface area contributed by atoms with E-state index in [9.17, 15) is 14.4 Å². The molecule has 0 aliphatic rings. The third-order valence-electron chi connectivity index (χ3n) is 10.8. The second-order valence-electron chi connectivity index (χ2n) is 16.7. The van der Waals surface area contributed by atoms with E-state index in [1.807, 2.05) is 0 Å². The second kappa shape index (κ2) is 48.0. The molecule has 0 aromatic rings. The van der Waals surface area contributed by atoms with Crippen LogP contribution < -0.4 is 0 Å². The van der Waals surface area contributed by atoms with Crippen molar-refractivity contribution in [3.8, 4) is 0 Å². The molecule has 6 heteroatoms. The van der Waals surface area contributed by atoms with Gasteiger partial charge in [-0.15, -0.1) is 0 Å². The fraction of sp³-hybridized carbons (Fsp3) is 0.792. The summed E-state index contributed by atoms with van der Waals surface area (Å²) in [5.74, 6) is -0.933. The molecule has 0 saturated heterocycles. The SMILES string of the molecule is CC/C=C\C/C=C\C/C=C\CCCCC(=O)OC(COC(=O)CCCCCCC/C=C\CCCCC)COC(=O)CCCCCCCCCCCCCCCCCCC. The molecular formula is C53H94O6. The van der Waals surface area contributed by atoms with Gasteiger partial charge >= 0.3 is 17.9 Å². The summed E-state index contributed by atoms with van der Waals surface area (Å²) in [7, 11) is 0. The fourth-order valence-electron chi connectivity index (χ4n) is 7.04. The molecule has 0 heterocycles. The number of carbonyl (C=O) groups excluding carboxylic acids is 3. The Morgan fingerprint density at radius 1 is 0.356 bits per heavy atom. The summed E-state index contributed by atoms with van der Waals surface area (Å²) in [6, 6.07) is 0. The Bertz CT molecular complexity index is 1040. The van der Waals surface area contributed by atoms with Crippen LogP contribution in [-0.2, 0) is 28.6 Å². The largest absolute Gasteiger partial charge is 0.462 e. The van der Waals surface area contributed by atoms with Crippen molar-refractivity contribution in [3.63, 3.8) is 0 Å². The maximum atomic E-state index is 12.7. The predicted octanol–water partition coefficient (Wildman–Crippen LogP) is 16.3. The van der Waals surface area contributed by atoms with Crippen LogP contribution in [0.2, 0.25) is 0 Å². The minimum atomic E-state index is -0.792. The number of carbonyl (C=O) groups is 3. The molecule has 59 heavy (non-hydrogen) atoms. The first kappa shape index (κ1) is 56.4. The van der Waals surface area contributed by atoms with Crippen LogP contribution >= 0.6 is 0 Å². The smallest absolute Gasteiger partial charge is 0.306 e. The molecule has 1 unspecified atom stereocenters. The molecule has 0 amide bonds. The number of rotatable bonds is 45. The van der Waals surface area contributed by atoms with E-state index >= 15 is 0 Å². The summed E-state index contributed by atoms with van der Waals surface area (Å²) in [4.78, 5) is 37.9. The number of hydrogen-bond donors (Lipinski definition) is 0. The summed E-state index contributed by atoms with van der Waals surface area (Å²) >= 11 is 0. The molecule has 1 atom stereocenters. The Morgan fingerprint density at radius 3 is 1.12 bits per heavy atom. The van der Waals surface area contributed by atoms with Crippen LogP contribution in [-0.4, -0.2) is 37.2 Å². The van der Waals surface area contributed by atoms with Gasteiger partial charge in [0.25, 0.3) is 0 Å². The van der Waals surface area contributed by atoms with Gasteiger partial charge in [0.1, 0.15) is 13.2 Å². The molecule has 0 saturated carbocycles. The number of unbranched alkanes of at least 4 members (excludes halogenated alkanes) is 26. The van der Waals surface area contributed by atoms with Gasteiger partial charge in [-0.3, -0.25) is 14.4 Å². The normalized spacial score (nSPS) is 12.4. The van der Waals surface area contributed by atoms with E-state index in [1.165, 1.54) is 128 Å². The van der Waals surface area contributed by atoms with E-state index in [1.54, 1.807) is 0 Å². The quantitative estimate of drug-likeness (QED) is 0.0263. The van der Waals surface area contributed by atoms with E-state index in [4.69, 9.17) is 14.2 Å². The first-order valence-electron chi connectivity index (χ1n) is 25.1. The highest BCUT2D eigenvalue weighted by Gasteiger charge is 2.19. The number of allylic oxidation sites excluding steroid dienone is 8. The van der Waals surface area contributed by atoms with Crippen molar-refractivity contribution >= 4 is 17.9 Å². The molecule has 0 bridgehead atoms. The third-order valence-corrected chi connectivity index (χ3v) is 10.8. The van der Waals surface area contributed by atoms with Crippen LogP contribution in [0.1, 0.15) is 252 Å². The minimum absolute atomic E-state index is 0.0889. The summed E-state index contributed by atoms with van der Waals surface area (Å²) < 4.78 is 16.7. The molecule has 0 spiro atoms. The lowest BCUT2D eigenvalue weighted by Crippen LogP contribution is -2.30. The van der Waals surface area contributed by atoms with Crippen molar-refractivity contribution in [2.24, 2.45) is 0 Å². The van der Waals surface area contributed by atoms with Crippen molar-refractivity contribution < 1.29 is 28.6 Å². The van der Waals surface area contributed by atoms with Crippen LogP contribution in [0.25, 0.3) is 0 Å². The van der Waals surface area contributed by atoms with Gasteiger partial charge in [-0.25, -0.2) is 0 Å². The van der Waals surface area contributed by atoms with Gasteiger partial charge in [-0.05, 0) is 77.0 Å². The maximum Gasteiger partial charge on any atom is 0.306 e. The molecule has 0 rings (SSSR count). The predicted molar refractivity (Wildman–Crippen MR) is 252 cm³/mol. The van der Waals surface area contributed by atoms with Crippen LogP contribution in [0.15, 0.2) is 48.6 Å². The molecule has 0 fully saturated rings. The van der Waals surface area contributed by atoms with Gasteiger partial charge in [0.15, 0.2) is 6.10 Å². The molecule has 0 N–H and O–H groups in total. The third kappa shape index (κ3) is 46.3. The van der Waals surface area contributed by atoms with Gasteiger partial charge in [-0.1, -0.05) is 204 Å². The average molecular weight is 827 g/mol. The zero-order valence-corrected chi connectivity index (χ0v) is 39.0. The van der Waals surface area contributed by atoms with Gasteiger partial charge in [0.2, 0.25) is 0 Å². The van der Waals surface area contributed by atoms with Gasteiger partial charge < -0.3 is 14.2 Å². The van der Waals surface area contributed by atoms with Crippen LogP contribution in [0.3, 0.4) is 0 Å². The van der Waals surface area contributed by atoms with Crippen molar-refractivity contribution in [2.75, 3.05) is 13.2 Å². The van der Waals surface area contributed by atoms with Crippen LogP contribution in [0, 0.1) is 0 Å². The minimum Gasteiger partial charge on any atom is -0.462 e. The second-order valence-corrected chi connectivity index (χ2v) is 16.7. The average Bonchev–Trinajstić information content (AvgIpc) is 3.23.